The molecule has 4 nitrogen and oxygen atoms in total. The maximum absolute atomic E-state index is 11.6. The second kappa shape index (κ2) is 6.64. The lowest BCUT2D eigenvalue weighted by molar-refractivity contribution is 0.0526. The number of carbonyl (C=O) groups is 1. The summed E-state index contributed by atoms with van der Waals surface area (Å²) in [6.45, 7) is 4.37. The van der Waals surface area contributed by atoms with Gasteiger partial charge in [-0.15, -0.1) is 0 Å². The van der Waals surface area contributed by atoms with Crippen molar-refractivity contribution in [1.82, 2.24) is 0 Å². The van der Waals surface area contributed by atoms with Crippen LogP contribution in [-0.2, 0) is 4.74 Å². The van der Waals surface area contributed by atoms with Crippen LogP contribution in [0.3, 0.4) is 0 Å². The highest BCUT2D eigenvalue weighted by Gasteiger charge is 2.22. The molecular formula is C16H24N2O2. The van der Waals surface area contributed by atoms with E-state index < -0.39 is 0 Å². The van der Waals surface area contributed by atoms with E-state index in [1.807, 2.05) is 6.07 Å². The zero-order valence-electron chi connectivity index (χ0n) is 12.3. The van der Waals surface area contributed by atoms with Gasteiger partial charge in [0.05, 0.1) is 23.5 Å². The van der Waals surface area contributed by atoms with E-state index in [-0.39, 0.29) is 5.97 Å². The first-order valence-corrected chi connectivity index (χ1v) is 7.45. The number of benzene rings is 1. The maximum atomic E-state index is 11.6. The molecule has 0 amide bonds. The van der Waals surface area contributed by atoms with E-state index in [1.165, 1.54) is 25.7 Å². The Morgan fingerprint density at radius 3 is 2.75 bits per heavy atom. The monoisotopic (exact) mass is 276 g/mol. The van der Waals surface area contributed by atoms with Gasteiger partial charge in [0.1, 0.15) is 0 Å². The quantitative estimate of drug-likeness (QED) is 0.638. The van der Waals surface area contributed by atoms with Crippen LogP contribution in [0.25, 0.3) is 0 Å². The Kier molecular flexibility index (Phi) is 4.88. The van der Waals surface area contributed by atoms with Crippen molar-refractivity contribution < 1.29 is 9.53 Å². The van der Waals surface area contributed by atoms with Crippen LogP contribution in [0.2, 0.25) is 0 Å². The molecule has 0 aromatic heterocycles. The second-order valence-corrected chi connectivity index (χ2v) is 5.50. The number of esters is 1. The minimum Gasteiger partial charge on any atom is -0.462 e. The fourth-order valence-corrected chi connectivity index (χ4v) is 2.86. The second-order valence-electron chi connectivity index (χ2n) is 5.50. The van der Waals surface area contributed by atoms with E-state index in [9.17, 15) is 4.79 Å². The molecule has 1 saturated carbocycles. The summed E-state index contributed by atoms with van der Waals surface area (Å²) in [5.41, 5.74) is 8.03. The van der Waals surface area contributed by atoms with Gasteiger partial charge in [-0.05, 0) is 50.8 Å². The Labute approximate surface area is 120 Å². The molecule has 1 aromatic carbocycles. The summed E-state index contributed by atoms with van der Waals surface area (Å²) in [4.78, 5) is 11.6. The molecule has 20 heavy (non-hydrogen) atoms. The fraction of sp³-hybridized carbons (Fsp3) is 0.562. The van der Waals surface area contributed by atoms with Gasteiger partial charge in [-0.3, -0.25) is 0 Å². The van der Waals surface area contributed by atoms with Crippen LogP contribution in [0.15, 0.2) is 18.2 Å². The molecular weight excluding hydrogens is 252 g/mol. The van der Waals surface area contributed by atoms with Gasteiger partial charge in [-0.25, -0.2) is 4.79 Å². The number of carbonyl (C=O) groups excluding carboxylic acids is 1. The number of nitrogens with two attached hydrogens (primary N) is 1. The van der Waals surface area contributed by atoms with Crippen LogP contribution < -0.4 is 11.1 Å². The van der Waals surface area contributed by atoms with Crippen LogP contribution >= 0.6 is 0 Å². The van der Waals surface area contributed by atoms with Gasteiger partial charge in [0, 0.05) is 6.04 Å². The molecule has 0 bridgehead atoms. The SMILES string of the molecule is CCOC(=O)c1ccc(NC(C)C2CCCC2)c(N)c1. The van der Waals surface area contributed by atoms with E-state index >= 15 is 0 Å². The summed E-state index contributed by atoms with van der Waals surface area (Å²) >= 11 is 0. The zero-order chi connectivity index (χ0) is 14.5. The Balaban J connectivity index is 2.03. The van der Waals surface area contributed by atoms with Crippen molar-refractivity contribution in [2.24, 2.45) is 5.92 Å². The first kappa shape index (κ1) is 14.7. The molecule has 1 aliphatic carbocycles. The Morgan fingerprint density at radius 1 is 1.45 bits per heavy atom. The molecule has 0 heterocycles. The van der Waals surface area contributed by atoms with Gasteiger partial charge in [0.15, 0.2) is 0 Å². The van der Waals surface area contributed by atoms with Gasteiger partial charge in [-0.2, -0.15) is 0 Å². The normalized spacial score (nSPS) is 16.9. The summed E-state index contributed by atoms with van der Waals surface area (Å²) in [6, 6.07) is 5.72. The minimum absolute atomic E-state index is 0.324. The molecule has 3 N–H and O–H groups in total. The molecule has 1 aliphatic rings. The van der Waals surface area contributed by atoms with Crippen molar-refractivity contribution in [3.05, 3.63) is 23.8 Å². The summed E-state index contributed by atoms with van der Waals surface area (Å²) in [5, 5.41) is 3.47. The predicted octanol–water partition coefficient (Wildman–Crippen LogP) is 3.44. The summed E-state index contributed by atoms with van der Waals surface area (Å²) < 4.78 is 4.97. The van der Waals surface area contributed by atoms with Gasteiger partial charge < -0.3 is 15.8 Å². The van der Waals surface area contributed by atoms with Gasteiger partial charge in [-0.1, -0.05) is 12.8 Å². The van der Waals surface area contributed by atoms with Crippen molar-refractivity contribution in [1.29, 1.82) is 0 Å². The largest absolute Gasteiger partial charge is 0.462 e. The smallest absolute Gasteiger partial charge is 0.338 e. The molecule has 0 radical (unpaired) electrons. The molecule has 110 valence electrons. The van der Waals surface area contributed by atoms with Crippen LogP contribution in [0.4, 0.5) is 11.4 Å². The Hall–Kier alpha value is -1.71. The van der Waals surface area contributed by atoms with E-state index in [0.717, 1.165) is 11.6 Å². The van der Waals surface area contributed by atoms with Crippen molar-refractivity contribution in [2.75, 3.05) is 17.7 Å². The van der Waals surface area contributed by atoms with Crippen molar-refractivity contribution in [2.45, 2.75) is 45.6 Å². The maximum Gasteiger partial charge on any atom is 0.338 e. The number of ether oxygens (including phenoxy) is 1. The van der Waals surface area contributed by atoms with E-state index in [1.54, 1.807) is 19.1 Å². The fourth-order valence-electron chi connectivity index (χ4n) is 2.86. The number of rotatable bonds is 5. The number of hydrogen-bond donors (Lipinski definition) is 2. The van der Waals surface area contributed by atoms with Gasteiger partial charge in [0.25, 0.3) is 0 Å². The standard InChI is InChI=1S/C16H24N2O2/c1-3-20-16(19)13-8-9-15(14(17)10-13)18-11(2)12-6-4-5-7-12/h8-12,18H,3-7,17H2,1-2H3. The van der Waals surface area contributed by atoms with Crippen molar-refractivity contribution in [3.63, 3.8) is 0 Å². The summed E-state index contributed by atoms with van der Waals surface area (Å²) in [6.07, 6.45) is 5.23. The first-order valence-electron chi connectivity index (χ1n) is 7.45. The zero-order valence-corrected chi connectivity index (χ0v) is 12.3. The number of anilines is 2. The molecule has 0 spiro atoms. The van der Waals surface area contributed by atoms with Crippen molar-refractivity contribution in [3.8, 4) is 0 Å². The molecule has 1 atom stereocenters. The van der Waals surface area contributed by atoms with Gasteiger partial charge in [0.2, 0.25) is 0 Å². The molecule has 1 aromatic rings. The number of nitrogens with one attached hydrogen (secondary N) is 1. The lowest BCUT2D eigenvalue weighted by Gasteiger charge is -2.22. The first-order chi connectivity index (χ1) is 9.61. The molecule has 1 fully saturated rings. The van der Waals surface area contributed by atoms with E-state index in [2.05, 4.69) is 12.2 Å². The van der Waals surface area contributed by atoms with E-state index in [0.29, 0.717) is 23.9 Å². The molecule has 0 saturated heterocycles. The number of hydrogen-bond acceptors (Lipinski definition) is 4. The molecule has 0 aliphatic heterocycles. The van der Waals surface area contributed by atoms with Crippen LogP contribution in [0.5, 0.6) is 0 Å². The van der Waals surface area contributed by atoms with Gasteiger partial charge >= 0.3 is 5.97 Å². The molecule has 1 unspecified atom stereocenters. The molecule has 2 rings (SSSR count). The summed E-state index contributed by atoms with van der Waals surface area (Å²) in [5.74, 6) is 0.397. The average Bonchev–Trinajstić information content (AvgIpc) is 2.95. The van der Waals surface area contributed by atoms with Crippen LogP contribution in [-0.4, -0.2) is 18.6 Å². The predicted molar refractivity (Wildman–Crippen MR) is 81.9 cm³/mol. The highest BCUT2D eigenvalue weighted by molar-refractivity contribution is 5.91. The highest BCUT2D eigenvalue weighted by atomic mass is 16.5. The van der Waals surface area contributed by atoms with Crippen molar-refractivity contribution >= 4 is 17.3 Å². The van der Waals surface area contributed by atoms with Crippen LogP contribution in [0, 0.1) is 5.92 Å². The third kappa shape index (κ3) is 3.44. The Bertz CT molecular complexity index is 468. The Morgan fingerprint density at radius 2 is 2.15 bits per heavy atom. The number of nitrogen functional groups attached to an aromatic ring is 1. The van der Waals surface area contributed by atoms with E-state index in [4.69, 9.17) is 10.5 Å². The summed E-state index contributed by atoms with van der Waals surface area (Å²) in [7, 11) is 0. The topological polar surface area (TPSA) is 64.3 Å². The van der Waals surface area contributed by atoms with Crippen LogP contribution in [0.1, 0.15) is 49.9 Å². The highest BCUT2D eigenvalue weighted by Crippen LogP contribution is 2.30. The lowest BCUT2D eigenvalue weighted by Crippen LogP contribution is -2.24. The third-order valence-electron chi connectivity index (χ3n) is 4.05. The average molecular weight is 276 g/mol. The minimum atomic E-state index is -0.324. The molecule has 4 heteroatoms. The third-order valence-corrected chi connectivity index (χ3v) is 4.05. The lowest BCUT2D eigenvalue weighted by atomic mass is 9.99.